The number of imide groups is 1. The molecule has 0 atom stereocenters. The first kappa shape index (κ1) is 26.1. The first-order valence-electron chi connectivity index (χ1n) is 11.6. The minimum absolute atomic E-state index is 0.171. The molecule has 188 valence electrons. The molecule has 0 aliphatic heterocycles. The van der Waals surface area contributed by atoms with Crippen molar-refractivity contribution in [3.8, 4) is 17.2 Å². The number of hydrogen-bond donors (Lipinski definition) is 3. The standard InChI is InChI=1S/C27H29N3O6/c1-4-34-22-15-19(16-23(35-5-2)24(22)36-6-3)26(32)30-27(33)29-21-14-10-13-20(17-21)28-25(31)18-11-8-7-9-12-18/h7-17H,4-6H2,1-3H3,(H,28,31)(H2,29,30,32,33). The Morgan fingerprint density at radius 2 is 1.22 bits per heavy atom. The topological polar surface area (TPSA) is 115 Å². The van der Waals surface area contributed by atoms with Crippen molar-refractivity contribution in [1.82, 2.24) is 5.32 Å². The smallest absolute Gasteiger partial charge is 0.326 e. The number of anilines is 2. The van der Waals surface area contributed by atoms with Gasteiger partial charge in [-0.3, -0.25) is 14.9 Å². The Bertz CT molecular complexity index is 1190. The molecule has 3 aromatic carbocycles. The Hall–Kier alpha value is -4.53. The van der Waals surface area contributed by atoms with Crippen LogP contribution in [0.3, 0.4) is 0 Å². The molecule has 0 fully saturated rings. The van der Waals surface area contributed by atoms with Gasteiger partial charge in [0.05, 0.1) is 19.8 Å². The molecule has 0 aliphatic carbocycles. The molecular weight excluding hydrogens is 462 g/mol. The number of carbonyl (C=O) groups is 3. The molecule has 0 heterocycles. The highest BCUT2D eigenvalue weighted by Gasteiger charge is 2.20. The number of rotatable bonds is 10. The zero-order chi connectivity index (χ0) is 25.9. The van der Waals surface area contributed by atoms with Gasteiger partial charge in [0, 0.05) is 22.5 Å². The Morgan fingerprint density at radius 3 is 1.81 bits per heavy atom. The Kier molecular flexibility index (Phi) is 9.27. The molecule has 3 N–H and O–H groups in total. The van der Waals surface area contributed by atoms with Crippen LogP contribution in [0.15, 0.2) is 66.7 Å². The third kappa shape index (κ3) is 6.99. The molecule has 9 heteroatoms. The lowest BCUT2D eigenvalue weighted by molar-refractivity contribution is 0.0964. The third-order valence-electron chi connectivity index (χ3n) is 4.81. The number of amides is 4. The molecule has 0 saturated carbocycles. The van der Waals surface area contributed by atoms with E-state index in [2.05, 4.69) is 16.0 Å². The SMILES string of the molecule is CCOc1cc(C(=O)NC(=O)Nc2cccc(NC(=O)c3ccccc3)c2)cc(OCC)c1OCC. The molecule has 0 radical (unpaired) electrons. The summed E-state index contributed by atoms with van der Waals surface area (Å²) in [5.41, 5.74) is 1.56. The molecule has 0 unspecified atom stereocenters. The van der Waals surface area contributed by atoms with Crippen LogP contribution < -0.4 is 30.2 Å². The summed E-state index contributed by atoms with van der Waals surface area (Å²) in [5.74, 6) is 0.163. The van der Waals surface area contributed by atoms with Crippen molar-refractivity contribution >= 4 is 29.2 Å². The van der Waals surface area contributed by atoms with Gasteiger partial charge in [0.1, 0.15) is 0 Å². The molecule has 3 rings (SSSR count). The average molecular weight is 492 g/mol. The van der Waals surface area contributed by atoms with Gasteiger partial charge in [-0.05, 0) is 63.2 Å². The van der Waals surface area contributed by atoms with Gasteiger partial charge in [-0.15, -0.1) is 0 Å². The summed E-state index contributed by atoms with van der Waals surface area (Å²) in [6, 6.07) is 17.6. The van der Waals surface area contributed by atoms with E-state index in [1.54, 1.807) is 48.5 Å². The van der Waals surface area contributed by atoms with Gasteiger partial charge < -0.3 is 24.8 Å². The molecule has 9 nitrogen and oxygen atoms in total. The minimum atomic E-state index is -0.739. The fourth-order valence-electron chi connectivity index (χ4n) is 3.32. The second-order valence-electron chi connectivity index (χ2n) is 7.41. The van der Waals surface area contributed by atoms with E-state index in [1.165, 1.54) is 12.1 Å². The van der Waals surface area contributed by atoms with Gasteiger partial charge in [0.25, 0.3) is 11.8 Å². The molecule has 0 aromatic heterocycles. The van der Waals surface area contributed by atoms with E-state index in [0.717, 1.165) is 0 Å². The van der Waals surface area contributed by atoms with E-state index in [-0.39, 0.29) is 11.5 Å². The number of carbonyl (C=O) groups excluding carboxylic acids is 3. The first-order valence-corrected chi connectivity index (χ1v) is 11.6. The molecule has 36 heavy (non-hydrogen) atoms. The van der Waals surface area contributed by atoms with Crippen LogP contribution in [0.25, 0.3) is 0 Å². The predicted octanol–water partition coefficient (Wildman–Crippen LogP) is 5.10. The van der Waals surface area contributed by atoms with Gasteiger partial charge in [-0.25, -0.2) is 4.79 Å². The molecule has 3 aromatic rings. The van der Waals surface area contributed by atoms with Gasteiger partial charge in [-0.2, -0.15) is 0 Å². The Balaban J connectivity index is 1.70. The lowest BCUT2D eigenvalue weighted by Crippen LogP contribution is -2.34. The van der Waals surface area contributed by atoms with E-state index in [9.17, 15) is 14.4 Å². The van der Waals surface area contributed by atoms with Crippen molar-refractivity contribution in [3.05, 3.63) is 77.9 Å². The van der Waals surface area contributed by atoms with Crippen molar-refractivity contribution in [2.45, 2.75) is 20.8 Å². The monoisotopic (exact) mass is 491 g/mol. The summed E-state index contributed by atoms with van der Waals surface area (Å²) < 4.78 is 16.9. The number of nitrogens with one attached hydrogen (secondary N) is 3. The van der Waals surface area contributed by atoms with Crippen molar-refractivity contribution in [2.24, 2.45) is 0 Å². The zero-order valence-electron chi connectivity index (χ0n) is 20.4. The Labute approximate surface area is 209 Å². The average Bonchev–Trinajstić information content (AvgIpc) is 2.86. The maximum atomic E-state index is 12.8. The third-order valence-corrected chi connectivity index (χ3v) is 4.81. The van der Waals surface area contributed by atoms with Crippen LogP contribution in [0.2, 0.25) is 0 Å². The molecule has 0 bridgehead atoms. The summed E-state index contributed by atoms with van der Waals surface area (Å²) >= 11 is 0. The van der Waals surface area contributed by atoms with E-state index in [0.29, 0.717) is 54.0 Å². The second kappa shape index (κ2) is 12.8. The molecule has 0 saturated heterocycles. The summed E-state index contributed by atoms with van der Waals surface area (Å²) in [6.45, 7) is 6.56. The minimum Gasteiger partial charge on any atom is -0.490 e. The van der Waals surface area contributed by atoms with E-state index >= 15 is 0 Å². The van der Waals surface area contributed by atoms with Crippen LogP contribution in [-0.4, -0.2) is 37.7 Å². The van der Waals surface area contributed by atoms with Gasteiger partial charge in [-0.1, -0.05) is 24.3 Å². The molecule has 4 amide bonds. The van der Waals surface area contributed by atoms with Crippen LogP contribution in [0.1, 0.15) is 41.5 Å². The quantitative estimate of drug-likeness (QED) is 0.364. The first-order chi connectivity index (χ1) is 17.4. The number of benzene rings is 3. The molecular formula is C27H29N3O6. The van der Waals surface area contributed by atoms with Crippen LogP contribution >= 0.6 is 0 Å². The van der Waals surface area contributed by atoms with Gasteiger partial charge in [0.2, 0.25) is 5.75 Å². The largest absolute Gasteiger partial charge is 0.490 e. The molecule has 0 aliphatic rings. The lowest BCUT2D eigenvalue weighted by Gasteiger charge is -2.17. The highest BCUT2D eigenvalue weighted by atomic mass is 16.5. The molecule has 0 spiro atoms. The van der Waals surface area contributed by atoms with E-state index < -0.39 is 11.9 Å². The normalized spacial score (nSPS) is 10.2. The summed E-state index contributed by atoms with van der Waals surface area (Å²) in [7, 11) is 0. The van der Waals surface area contributed by atoms with E-state index in [4.69, 9.17) is 14.2 Å². The second-order valence-corrected chi connectivity index (χ2v) is 7.41. The maximum absolute atomic E-state index is 12.8. The van der Waals surface area contributed by atoms with Crippen molar-refractivity contribution in [1.29, 1.82) is 0 Å². The zero-order valence-corrected chi connectivity index (χ0v) is 20.4. The number of urea groups is 1. The van der Waals surface area contributed by atoms with Crippen LogP contribution in [0, 0.1) is 0 Å². The van der Waals surface area contributed by atoms with E-state index in [1.807, 2.05) is 26.8 Å². The predicted molar refractivity (Wildman–Crippen MR) is 137 cm³/mol. The number of ether oxygens (including phenoxy) is 3. The summed E-state index contributed by atoms with van der Waals surface area (Å²) in [4.78, 5) is 37.7. The highest BCUT2D eigenvalue weighted by molar-refractivity contribution is 6.09. The number of hydrogen-bond acceptors (Lipinski definition) is 6. The lowest BCUT2D eigenvalue weighted by atomic mass is 10.1. The Morgan fingerprint density at radius 1 is 0.639 bits per heavy atom. The van der Waals surface area contributed by atoms with Crippen molar-refractivity contribution in [2.75, 3.05) is 30.5 Å². The van der Waals surface area contributed by atoms with Gasteiger partial charge >= 0.3 is 6.03 Å². The van der Waals surface area contributed by atoms with Crippen molar-refractivity contribution in [3.63, 3.8) is 0 Å². The van der Waals surface area contributed by atoms with Crippen LogP contribution in [-0.2, 0) is 0 Å². The summed E-state index contributed by atoms with van der Waals surface area (Å²) in [6.07, 6.45) is 0. The summed E-state index contributed by atoms with van der Waals surface area (Å²) in [5, 5.41) is 7.66. The van der Waals surface area contributed by atoms with Crippen LogP contribution in [0.4, 0.5) is 16.2 Å². The van der Waals surface area contributed by atoms with Crippen molar-refractivity contribution < 1.29 is 28.6 Å². The fraction of sp³-hybridized carbons (Fsp3) is 0.222. The van der Waals surface area contributed by atoms with Gasteiger partial charge in [0.15, 0.2) is 11.5 Å². The highest BCUT2D eigenvalue weighted by Crippen LogP contribution is 2.39. The fourth-order valence-corrected chi connectivity index (χ4v) is 3.32. The van der Waals surface area contributed by atoms with Crippen LogP contribution in [0.5, 0.6) is 17.2 Å². The maximum Gasteiger partial charge on any atom is 0.326 e.